The van der Waals surface area contributed by atoms with E-state index in [0.29, 0.717) is 36.6 Å². The molecule has 2 fully saturated rings. The van der Waals surface area contributed by atoms with Gasteiger partial charge in [-0.25, -0.2) is 0 Å². The van der Waals surface area contributed by atoms with Crippen LogP contribution in [0.3, 0.4) is 0 Å². The first-order valence-electron chi connectivity index (χ1n) is 6.89. The fraction of sp³-hybridized carbons (Fsp3) is 0.533. The number of piperidine rings is 1. The minimum atomic E-state index is 0.0190. The predicted octanol–water partition coefficient (Wildman–Crippen LogP) is 1.25. The zero-order chi connectivity index (χ0) is 14.1. The molecule has 1 aromatic rings. The van der Waals surface area contributed by atoms with Crippen molar-refractivity contribution < 1.29 is 9.53 Å². The van der Waals surface area contributed by atoms with Crippen molar-refractivity contribution in [1.82, 2.24) is 9.88 Å². The molecule has 2 unspecified atom stereocenters. The van der Waals surface area contributed by atoms with E-state index in [-0.39, 0.29) is 11.7 Å². The molecule has 3 rings (SSSR count). The summed E-state index contributed by atoms with van der Waals surface area (Å²) in [7, 11) is 2.11. The average molecular weight is 271 g/mol. The Balaban J connectivity index is 1.76. The number of nitriles is 1. The molecule has 0 amide bonds. The van der Waals surface area contributed by atoms with Crippen LogP contribution in [0.5, 0.6) is 0 Å². The Morgan fingerprint density at radius 1 is 1.40 bits per heavy atom. The van der Waals surface area contributed by atoms with Gasteiger partial charge in [-0.2, -0.15) is 5.26 Å². The Morgan fingerprint density at radius 3 is 2.65 bits per heavy atom. The number of morpholine rings is 1. The summed E-state index contributed by atoms with van der Waals surface area (Å²) < 4.78 is 5.57. The van der Waals surface area contributed by atoms with Crippen molar-refractivity contribution in [2.24, 2.45) is 5.92 Å². The first kappa shape index (κ1) is 13.2. The van der Waals surface area contributed by atoms with Gasteiger partial charge < -0.3 is 4.74 Å². The van der Waals surface area contributed by atoms with Crippen molar-refractivity contribution in [1.29, 1.82) is 5.26 Å². The molecule has 2 atom stereocenters. The number of pyridine rings is 1. The van der Waals surface area contributed by atoms with Gasteiger partial charge in [0.2, 0.25) is 0 Å². The number of fused-ring (bicyclic) bond motifs is 2. The van der Waals surface area contributed by atoms with Gasteiger partial charge in [0.15, 0.2) is 5.78 Å². The molecule has 2 aliphatic heterocycles. The molecule has 0 aromatic carbocycles. The number of hydrogen-bond acceptors (Lipinski definition) is 5. The van der Waals surface area contributed by atoms with Gasteiger partial charge in [-0.05, 0) is 32.0 Å². The minimum absolute atomic E-state index is 0.0190. The minimum Gasteiger partial charge on any atom is -0.378 e. The molecule has 2 aliphatic rings. The number of carbonyl (C=O) groups is 1. The van der Waals surface area contributed by atoms with E-state index >= 15 is 0 Å². The third kappa shape index (κ3) is 2.33. The van der Waals surface area contributed by atoms with E-state index in [2.05, 4.69) is 16.9 Å². The SMILES string of the molecule is CN1C2COCC1CC(C(=O)c1ccc(C#N)cn1)C2. The second-order valence-electron chi connectivity index (χ2n) is 5.59. The average Bonchev–Trinajstić information content (AvgIpc) is 2.46. The normalized spacial score (nSPS) is 29.7. The molecular weight excluding hydrogens is 254 g/mol. The summed E-state index contributed by atoms with van der Waals surface area (Å²) in [4.78, 5) is 19.0. The maximum Gasteiger partial charge on any atom is 0.184 e. The fourth-order valence-corrected chi connectivity index (χ4v) is 3.12. The van der Waals surface area contributed by atoms with Crippen LogP contribution in [0.15, 0.2) is 18.3 Å². The van der Waals surface area contributed by atoms with Crippen LogP contribution in [0, 0.1) is 17.2 Å². The summed E-state index contributed by atoms with van der Waals surface area (Å²) in [6, 6.07) is 5.98. The number of Topliss-reactive ketones (excluding diaryl/α,β-unsaturated/α-hetero) is 1. The van der Waals surface area contributed by atoms with Gasteiger partial charge in [-0.15, -0.1) is 0 Å². The monoisotopic (exact) mass is 271 g/mol. The lowest BCUT2D eigenvalue weighted by atomic mass is 9.82. The predicted molar refractivity (Wildman–Crippen MR) is 72.2 cm³/mol. The smallest absolute Gasteiger partial charge is 0.184 e. The second kappa shape index (κ2) is 5.31. The third-order valence-corrected chi connectivity index (χ3v) is 4.40. The molecule has 0 saturated carbocycles. The van der Waals surface area contributed by atoms with Gasteiger partial charge in [0.25, 0.3) is 0 Å². The summed E-state index contributed by atoms with van der Waals surface area (Å²) in [5.41, 5.74) is 0.952. The third-order valence-electron chi connectivity index (χ3n) is 4.40. The van der Waals surface area contributed by atoms with Gasteiger partial charge in [0.05, 0.1) is 18.8 Å². The highest BCUT2D eigenvalue weighted by molar-refractivity contribution is 5.96. The molecular formula is C15H17N3O2. The molecule has 0 spiro atoms. The van der Waals surface area contributed by atoms with Crippen LogP contribution in [-0.2, 0) is 4.74 Å². The number of ketones is 1. The lowest BCUT2D eigenvalue weighted by Gasteiger charge is -2.46. The standard InChI is InChI=1S/C15H17N3O2/c1-18-12-4-11(5-13(18)9-20-8-12)15(19)14-3-2-10(6-16)7-17-14/h2-3,7,11-13H,4-5,8-9H2,1H3. The molecule has 0 N–H and O–H groups in total. The zero-order valence-electron chi connectivity index (χ0n) is 11.5. The van der Waals surface area contributed by atoms with E-state index < -0.39 is 0 Å². The van der Waals surface area contributed by atoms with Gasteiger partial charge in [0, 0.05) is 24.2 Å². The first-order valence-corrected chi connectivity index (χ1v) is 6.89. The number of rotatable bonds is 2. The van der Waals surface area contributed by atoms with Crippen molar-refractivity contribution in [3.05, 3.63) is 29.6 Å². The lowest BCUT2D eigenvalue weighted by molar-refractivity contribution is -0.0703. The number of nitrogens with zero attached hydrogens (tertiary/aromatic N) is 3. The Hall–Kier alpha value is -1.77. The van der Waals surface area contributed by atoms with E-state index in [9.17, 15) is 4.79 Å². The Kier molecular flexibility index (Phi) is 3.51. The van der Waals surface area contributed by atoms with E-state index in [1.807, 2.05) is 6.07 Å². The molecule has 2 bridgehead atoms. The quantitative estimate of drug-likeness (QED) is 0.757. The first-order chi connectivity index (χ1) is 9.69. The van der Waals surface area contributed by atoms with Gasteiger partial charge in [-0.3, -0.25) is 14.7 Å². The molecule has 20 heavy (non-hydrogen) atoms. The van der Waals surface area contributed by atoms with Crippen LogP contribution in [0.1, 0.15) is 28.9 Å². The van der Waals surface area contributed by atoms with Crippen molar-refractivity contribution in [2.45, 2.75) is 24.9 Å². The second-order valence-corrected chi connectivity index (χ2v) is 5.59. The summed E-state index contributed by atoms with van der Waals surface area (Å²) in [5.74, 6) is 0.116. The van der Waals surface area contributed by atoms with Crippen molar-refractivity contribution in [2.75, 3.05) is 20.3 Å². The summed E-state index contributed by atoms with van der Waals surface area (Å²) in [6.45, 7) is 1.41. The van der Waals surface area contributed by atoms with Gasteiger partial charge in [-0.1, -0.05) is 0 Å². The lowest BCUT2D eigenvalue weighted by Crippen LogP contribution is -2.55. The Morgan fingerprint density at radius 2 is 2.10 bits per heavy atom. The molecule has 5 heteroatoms. The molecule has 1 aromatic heterocycles. The molecule has 2 saturated heterocycles. The Bertz CT molecular complexity index is 535. The zero-order valence-corrected chi connectivity index (χ0v) is 11.5. The number of carbonyl (C=O) groups excluding carboxylic acids is 1. The number of aromatic nitrogens is 1. The van der Waals surface area contributed by atoms with E-state index in [4.69, 9.17) is 10.00 Å². The maximum absolute atomic E-state index is 12.5. The van der Waals surface area contributed by atoms with Crippen LogP contribution in [0.4, 0.5) is 0 Å². The number of hydrogen-bond donors (Lipinski definition) is 0. The summed E-state index contributed by atoms with van der Waals surface area (Å²) >= 11 is 0. The molecule has 0 aliphatic carbocycles. The molecule has 5 nitrogen and oxygen atoms in total. The van der Waals surface area contributed by atoms with Crippen LogP contribution in [0.2, 0.25) is 0 Å². The number of likely N-dealkylation sites (N-methyl/N-ethyl adjacent to an activating group) is 1. The van der Waals surface area contributed by atoms with Crippen molar-refractivity contribution in [3.8, 4) is 6.07 Å². The highest BCUT2D eigenvalue weighted by atomic mass is 16.5. The van der Waals surface area contributed by atoms with E-state index in [1.54, 1.807) is 12.1 Å². The van der Waals surface area contributed by atoms with Crippen LogP contribution in [-0.4, -0.2) is 48.0 Å². The van der Waals surface area contributed by atoms with Crippen molar-refractivity contribution in [3.63, 3.8) is 0 Å². The van der Waals surface area contributed by atoms with Crippen LogP contribution in [0.25, 0.3) is 0 Å². The summed E-state index contributed by atoms with van der Waals surface area (Å²) in [5, 5.41) is 8.76. The highest BCUT2D eigenvalue weighted by Gasteiger charge is 2.39. The Labute approximate surface area is 118 Å². The van der Waals surface area contributed by atoms with Crippen LogP contribution >= 0.6 is 0 Å². The topological polar surface area (TPSA) is 66.2 Å². The fourth-order valence-electron chi connectivity index (χ4n) is 3.12. The summed E-state index contributed by atoms with van der Waals surface area (Å²) in [6.07, 6.45) is 3.12. The van der Waals surface area contributed by atoms with Gasteiger partial charge in [0.1, 0.15) is 11.8 Å². The van der Waals surface area contributed by atoms with E-state index in [1.165, 1.54) is 6.20 Å². The number of ether oxygens (including phenoxy) is 1. The van der Waals surface area contributed by atoms with E-state index in [0.717, 1.165) is 12.8 Å². The maximum atomic E-state index is 12.5. The highest BCUT2D eigenvalue weighted by Crippen LogP contribution is 2.32. The molecule has 104 valence electrons. The van der Waals surface area contributed by atoms with Gasteiger partial charge >= 0.3 is 0 Å². The van der Waals surface area contributed by atoms with Crippen molar-refractivity contribution >= 4 is 5.78 Å². The largest absolute Gasteiger partial charge is 0.378 e. The molecule has 3 heterocycles. The molecule has 0 radical (unpaired) electrons. The van der Waals surface area contributed by atoms with Crippen LogP contribution < -0.4 is 0 Å².